The molecule has 2 aliphatic rings. The predicted molar refractivity (Wildman–Crippen MR) is 61.7 cm³/mol. The van der Waals surface area contributed by atoms with Crippen LogP contribution in [0, 0.1) is 11.8 Å². The van der Waals surface area contributed by atoms with Gasteiger partial charge in [-0.3, -0.25) is 4.79 Å². The molecule has 1 atom stereocenters. The Bertz CT molecular complexity index is 249. The third-order valence-electron chi connectivity index (χ3n) is 4.00. The second-order valence-corrected chi connectivity index (χ2v) is 5.18. The summed E-state index contributed by atoms with van der Waals surface area (Å²) >= 11 is 0. The Morgan fingerprint density at radius 3 is 2.44 bits per heavy atom. The maximum Gasteiger partial charge on any atom is 0.225 e. The minimum atomic E-state index is -0.302. The van der Waals surface area contributed by atoms with Crippen LogP contribution in [-0.4, -0.2) is 41.7 Å². The Hall–Kier alpha value is -0.610. The molecule has 1 saturated heterocycles. The highest BCUT2D eigenvalue weighted by atomic mass is 16.3. The van der Waals surface area contributed by atoms with Crippen molar-refractivity contribution in [2.45, 2.75) is 38.2 Å². The summed E-state index contributed by atoms with van der Waals surface area (Å²) in [6, 6.07) is 0. The lowest BCUT2D eigenvalue weighted by Crippen LogP contribution is -2.37. The number of aliphatic hydroxyl groups excluding tert-OH is 1. The van der Waals surface area contributed by atoms with Gasteiger partial charge < -0.3 is 15.7 Å². The number of carbonyl (C=O) groups excluding carboxylic acids is 1. The molecular weight excluding hydrogens is 204 g/mol. The quantitative estimate of drug-likeness (QED) is 0.714. The molecule has 16 heavy (non-hydrogen) atoms. The minimum absolute atomic E-state index is 0.188. The summed E-state index contributed by atoms with van der Waals surface area (Å²) in [6.07, 6.45) is 4.57. The number of carbonyl (C=O) groups is 1. The van der Waals surface area contributed by atoms with Gasteiger partial charge in [0, 0.05) is 19.0 Å². The van der Waals surface area contributed by atoms with Crippen molar-refractivity contribution < 1.29 is 9.90 Å². The molecule has 4 heteroatoms. The highest BCUT2D eigenvalue weighted by Crippen LogP contribution is 2.30. The molecule has 1 saturated carbocycles. The lowest BCUT2D eigenvalue weighted by atomic mass is 9.81. The van der Waals surface area contributed by atoms with E-state index in [9.17, 15) is 9.90 Å². The summed E-state index contributed by atoms with van der Waals surface area (Å²) in [7, 11) is 0. The van der Waals surface area contributed by atoms with Gasteiger partial charge in [-0.15, -0.1) is 0 Å². The zero-order valence-corrected chi connectivity index (χ0v) is 9.77. The normalized spacial score (nSPS) is 35.4. The van der Waals surface area contributed by atoms with Crippen molar-refractivity contribution in [3.8, 4) is 0 Å². The first-order valence-corrected chi connectivity index (χ1v) is 6.37. The average molecular weight is 226 g/mol. The monoisotopic (exact) mass is 226 g/mol. The van der Waals surface area contributed by atoms with Crippen LogP contribution >= 0.6 is 0 Å². The lowest BCUT2D eigenvalue weighted by Gasteiger charge is -2.29. The second-order valence-electron chi connectivity index (χ2n) is 5.18. The molecule has 0 unspecified atom stereocenters. The Balaban J connectivity index is 1.82. The van der Waals surface area contributed by atoms with E-state index in [0.29, 0.717) is 12.5 Å². The summed E-state index contributed by atoms with van der Waals surface area (Å²) in [5.74, 6) is 1.06. The lowest BCUT2D eigenvalue weighted by molar-refractivity contribution is -0.136. The van der Waals surface area contributed by atoms with Crippen LogP contribution in [0.3, 0.4) is 0 Å². The molecule has 92 valence electrons. The molecule has 0 aromatic rings. The zero-order valence-electron chi connectivity index (χ0n) is 9.77. The Labute approximate surface area is 96.8 Å². The van der Waals surface area contributed by atoms with Crippen molar-refractivity contribution in [1.29, 1.82) is 0 Å². The maximum absolute atomic E-state index is 12.1. The third kappa shape index (κ3) is 2.55. The van der Waals surface area contributed by atoms with Crippen LogP contribution in [0.25, 0.3) is 0 Å². The molecule has 0 aromatic carbocycles. The van der Waals surface area contributed by atoms with Crippen LogP contribution in [-0.2, 0) is 4.79 Å². The van der Waals surface area contributed by atoms with Gasteiger partial charge in [0.2, 0.25) is 5.91 Å². The van der Waals surface area contributed by atoms with Gasteiger partial charge >= 0.3 is 0 Å². The van der Waals surface area contributed by atoms with E-state index in [0.717, 1.165) is 45.2 Å². The Morgan fingerprint density at radius 2 is 1.94 bits per heavy atom. The second kappa shape index (κ2) is 5.15. The van der Waals surface area contributed by atoms with Crippen LogP contribution in [0.5, 0.6) is 0 Å². The van der Waals surface area contributed by atoms with Crippen LogP contribution < -0.4 is 5.73 Å². The first-order chi connectivity index (χ1) is 7.70. The summed E-state index contributed by atoms with van der Waals surface area (Å²) < 4.78 is 0. The number of aliphatic hydroxyl groups is 1. The van der Waals surface area contributed by atoms with E-state index in [-0.39, 0.29) is 17.9 Å². The van der Waals surface area contributed by atoms with Crippen LogP contribution in [0.1, 0.15) is 32.1 Å². The molecule has 1 aliphatic heterocycles. The van der Waals surface area contributed by atoms with Crippen molar-refractivity contribution in [3.63, 3.8) is 0 Å². The standard InChI is InChI=1S/C12H22N2O2/c13-7-9-1-3-10(4-2-9)12(16)14-6-5-11(15)8-14/h9-11,15H,1-8,13H2/t9?,10?,11-/m0/s1. The SMILES string of the molecule is NCC1CCC(C(=O)N2CC[C@H](O)C2)CC1. The first kappa shape index (κ1) is 11.9. The van der Waals surface area contributed by atoms with Gasteiger partial charge in [0.15, 0.2) is 0 Å². The molecule has 4 nitrogen and oxygen atoms in total. The van der Waals surface area contributed by atoms with Gasteiger partial charge in [-0.1, -0.05) is 0 Å². The van der Waals surface area contributed by atoms with Crippen molar-refractivity contribution in [3.05, 3.63) is 0 Å². The molecule has 2 rings (SSSR count). The fraction of sp³-hybridized carbons (Fsp3) is 0.917. The zero-order chi connectivity index (χ0) is 11.5. The maximum atomic E-state index is 12.1. The van der Waals surface area contributed by atoms with Crippen molar-refractivity contribution >= 4 is 5.91 Å². The predicted octanol–water partition coefficient (Wildman–Crippen LogP) is 0.345. The van der Waals surface area contributed by atoms with E-state index < -0.39 is 0 Å². The van der Waals surface area contributed by atoms with E-state index in [1.165, 1.54) is 0 Å². The summed E-state index contributed by atoms with van der Waals surface area (Å²) in [5.41, 5.74) is 5.64. The highest BCUT2D eigenvalue weighted by molar-refractivity contribution is 5.79. The smallest absolute Gasteiger partial charge is 0.225 e. The summed E-state index contributed by atoms with van der Waals surface area (Å²) in [5, 5.41) is 9.42. The van der Waals surface area contributed by atoms with Gasteiger partial charge in [-0.05, 0) is 44.6 Å². The van der Waals surface area contributed by atoms with Crippen molar-refractivity contribution in [1.82, 2.24) is 4.90 Å². The molecule has 1 aliphatic carbocycles. The Kier molecular flexibility index (Phi) is 3.82. The number of nitrogens with zero attached hydrogens (tertiary/aromatic N) is 1. The fourth-order valence-corrected chi connectivity index (χ4v) is 2.85. The Morgan fingerprint density at radius 1 is 1.25 bits per heavy atom. The highest BCUT2D eigenvalue weighted by Gasteiger charge is 2.32. The van der Waals surface area contributed by atoms with Gasteiger partial charge in [0.25, 0.3) is 0 Å². The molecule has 0 spiro atoms. The molecule has 0 radical (unpaired) electrons. The van der Waals surface area contributed by atoms with Crippen LogP contribution in [0.4, 0.5) is 0 Å². The van der Waals surface area contributed by atoms with Gasteiger partial charge in [0.05, 0.1) is 6.10 Å². The minimum Gasteiger partial charge on any atom is -0.391 e. The molecule has 1 heterocycles. The van der Waals surface area contributed by atoms with E-state index >= 15 is 0 Å². The molecule has 1 amide bonds. The van der Waals surface area contributed by atoms with Crippen molar-refractivity contribution in [2.24, 2.45) is 17.6 Å². The summed E-state index contributed by atoms with van der Waals surface area (Å²) in [4.78, 5) is 14.0. The third-order valence-corrected chi connectivity index (χ3v) is 4.00. The van der Waals surface area contributed by atoms with Crippen LogP contribution in [0.2, 0.25) is 0 Å². The number of nitrogens with two attached hydrogens (primary N) is 1. The number of hydrogen-bond acceptors (Lipinski definition) is 3. The fourth-order valence-electron chi connectivity index (χ4n) is 2.85. The van der Waals surface area contributed by atoms with Gasteiger partial charge in [0.1, 0.15) is 0 Å². The molecular formula is C12H22N2O2. The summed E-state index contributed by atoms with van der Waals surface area (Å²) in [6.45, 7) is 2.02. The van der Waals surface area contributed by atoms with Gasteiger partial charge in [-0.25, -0.2) is 0 Å². The van der Waals surface area contributed by atoms with E-state index in [1.807, 2.05) is 4.90 Å². The number of amides is 1. The van der Waals surface area contributed by atoms with Gasteiger partial charge in [-0.2, -0.15) is 0 Å². The number of β-amino-alcohol motifs (C(OH)–C–C–N with tert-alkyl or cyclic N) is 1. The van der Waals surface area contributed by atoms with Crippen LogP contribution in [0.15, 0.2) is 0 Å². The largest absolute Gasteiger partial charge is 0.391 e. The molecule has 2 fully saturated rings. The average Bonchev–Trinajstić information content (AvgIpc) is 2.75. The molecule has 0 aromatic heterocycles. The topological polar surface area (TPSA) is 66.6 Å². The van der Waals surface area contributed by atoms with Crippen molar-refractivity contribution in [2.75, 3.05) is 19.6 Å². The van der Waals surface area contributed by atoms with E-state index in [1.54, 1.807) is 0 Å². The number of rotatable bonds is 2. The van der Waals surface area contributed by atoms with E-state index in [4.69, 9.17) is 5.73 Å². The first-order valence-electron chi connectivity index (χ1n) is 6.37. The van der Waals surface area contributed by atoms with E-state index in [2.05, 4.69) is 0 Å². The number of likely N-dealkylation sites (tertiary alicyclic amines) is 1. The molecule has 3 N–H and O–H groups in total. The molecule has 0 bridgehead atoms. The number of hydrogen-bond donors (Lipinski definition) is 2.